The molecule has 0 unspecified atom stereocenters. The zero-order chi connectivity index (χ0) is 24.4. The first-order valence-corrected chi connectivity index (χ1v) is 12.4. The molecule has 6 nitrogen and oxygen atoms in total. The Bertz CT molecular complexity index is 1370. The molecule has 1 aliphatic rings. The molecule has 0 atom stereocenters. The normalized spacial score (nSPS) is 14.1. The summed E-state index contributed by atoms with van der Waals surface area (Å²) in [5.74, 6) is 0.520. The van der Waals surface area contributed by atoms with Gasteiger partial charge in [0.05, 0.1) is 26.6 Å². The minimum atomic E-state index is -0.375. The average Bonchev–Trinajstić information content (AvgIpc) is 3.28. The van der Waals surface area contributed by atoms with E-state index in [1.165, 1.54) is 6.42 Å². The molecule has 0 spiro atoms. The summed E-state index contributed by atoms with van der Waals surface area (Å²) in [4.78, 5) is 33.2. The summed E-state index contributed by atoms with van der Waals surface area (Å²) >= 11 is 12.3. The number of nitrogens with zero attached hydrogens (tertiary/aromatic N) is 1. The van der Waals surface area contributed by atoms with Gasteiger partial charge in [0.2, 0.25) is 5.91 Å². The molecule has 3 N–H and O–H groups in total. The van der Waals surface area contributed by atoms with Gasteiger partial charge in [0.15, 0.2) is 0 Å². The monoisotopic (exact) mass is 506 g/mol. The molecule has 178 valence electrons. The fraction of sp³-hybridized carbons (Fsp3) is 0.222. The van der Waals surface area contributed by atoms with Crippen molar-refractivity contribution >= 4 is 57.4 Å². The minimum Gasteiger partial charge on any atom is -0.338 e. The Hall–Kier alpha value is -3.35. The second-order valence-corrected chi connectivity index (χ2v) is 9.58. The molecule has 1 aliphatic carbocycles. The van der Waals surface area contributed by atoms with Crippen LogP contribution in [0, 0.1) is 5.92 Å². The number of hydrogen-bond donors (Lipinski definition) is 3. The summed E-state index contributed by atoms with van der Waals surface area (Å²) in [7, 11) is 0. The highest BCUT2D eigenvalue weighted by atomic mass is 35.5. The molecule has 2 amide bonds. The van der Waals surface area contributed by atoms with Crippen molar-refractivity contribution in [2.75, 3.05) is 10.6 Å². The average molecular weight is 507 g/mol. The van der Waals surface area contributed by atoms with Crippen LogP contribution in [-0.4, -0.2) is 21.8 Å². The van der Waals surface area contributed by atoms with Crippen LogP contribution in [0.1, 0.15) is 42.5 Å². The molecule has 8 heteroatoms. The second-order valence-electron chi connectivity index (χ2n) is 8.77. The lowest BCUT2D eigenvalue weighted by Crippen LogP contribution is -2.24. The lowest BCUT2D eigenvalue weighted by Gasteiger charge is -2.20. The second kappa shape index (κ2) is 10.1. The third-order valence-electron chi connectivity index (χ3n) is 6.33. The number of carbonyl (C=O) groups excluding carboxylic acids is 2. The molecule has 0 saturated heterocycles. The number of hydrogen-bond acceptors (Lipinski definition) is 3. The molecule has 3 aromatic carbocycles. The third kappa shape index (κ3) is 5.19. The fourth-order valence-corrected chi connectivity index (χ4v) is 5.02. The smallest absolute Gasteiger partial charge is 0.258 e. The molecule has 1 aromatic heterocycles. The van der Waals surface area contributed by atoms with Crippen LogP contribution in [0.4, 0.5) is 11.4 Å². The van der Waals surface area contributed by atoms with Crippen molar-refractivity contribution < 1.29 is 9.59 Å². The predicted octanol–water partition coefficient (Wildman–Crippen LogP) is 7.31. The van der Waals surface area contributed by atoms with Crippen LogP contribution in [-0.2, 0) is 4.79 Å². The number of carbonyl (C=O) groups is 2. The van der Waals surface area contributed by atoms with Gasteiger partial charge < -0.3 is 15.6 Å². The zero-order valence-electron chi connectivity index (χ0n) is 18.9. The van der Waals surface area contributed by atoms with Crippen molar-refractivity contribution in [3.8, 4) is 11.4 Å². The van der Waals surface area contributed by atoms with E-state index < -0.39 is 0 Å². The molecular formula is C27H24Cl2N4O2. The molecule has 1 saturated carbocycles. The van der Waals surface area contributed by atoms with Crippen LogP contribution in [0.5, 0.6) is 0 Å². The van der Waals surface area contributed by atoms with Gasteiger partial charge in [-0.1, -0.05) is 48.5 Å². The topological polar surface area (TPSA) is 86.9 Å². The number of halogens is 2. The van der Waals surface area contributed by atoms with E-state index in [2.05, 4.69) is 20.6 Å². The van der Waals surface area contributed by atoms with Crippen molar-refractivity contribution in [3.05, 3.63) is 76.3 Å². The fourth-order valence-electron chi connectivity index (χ4n) is 4.45. The summed E-state index contributed by atoms with van der Waals surface area (Å²) in [6.07, 6.45) is 5.39. The third-order valence-corrected chi connectivity index (χ3v) is 6.96. The van der Waals surface area contributed by atoms with E-state index in [4.69, 9.17) is 23.2 Å². The van der Waals surface area contributed by atoms with Crippen LogP contribution in [0.25, 0.3) is 22.4 Å². The van der Waals surface area contributed by atoms with E-state index in [1.54, 1.807) is 30.3 Å². The highest BCUT2D eigenvalue weighted by Gasteiger charge is 2.21. The SMILES string of the molecule is O=C(Nc1ccc(-c2nc3ccc(NC(=O)C4CCCCC4)cc3[nH]2)cc1)c1c(Cl)cccc1Cl. The number of amides is 2. The quantitative estimate of drug-likeness (QED) is 0.265. The van der Waals surface area contributed by atoms with Gasteiger partial charge in [-0.3, -0.25) is 9.59 Å². The molecule has 1 fully saturated rings. The Morgan fingerprint density at radius 2 is 1.54 bits per heavy atom. The maximum Gasteiger partial charge on any atom is 0.258 e. The maximum atomic E-state index is 12.6. The number of aromatic amines is 1. The van der Waals surface area contributed by atoms with Gasteiger partial charge in [-0.15, -0.1) is 0 Å². The van der Waals surface area contributed by atoms with Crippen molar-refractivity contribution in [2.24, 2.45) is 5.92 Å². The first-order chi connectivity index (χ1) is 17.0. The van der Waals surface area contributed by atoms with Crippen LogP contribution < -0.4 is 10.6 Å². The molecule has 0 aliphatic heterocycles. The Morgan fingerprint density at radius 3 is 2.26 bits per heavy atom. The summed E-state index contributed by atoms with van der Waals surface area (Å²) in [5.41, 5.74) is 4.12. The number of anilines is 2. The summed E-state index contributed by atoms with van der Waals surface area (Å²) < 4.78 is 0. The number of aromatic nitrogens is 2. The van der Waals surface area contributed by atoms with Gasteiger partial charge in [0.25, 0.3) is 5.91 Å². The molecule has 5 rings (SSSR count). The van der Waals surface area contributed by atoms with E-state index in [9.17, 15) is 9.59 Å². The van der Waals surface area contributed by atoms with Gasteiger partial charge >= 0.3 is 0 Å². The molecule has 4 aromatic rings. The summed E-state index contributed by atoms with van der Waals surface area (Å²) in [5, 5.41) is 6.46. The van der Waals surface area contributed by atoms with Gasteiger partial charge in [-0.25, -0.2) is 4.98 Å². The standard InChI is InChI=1S/C27H24Cl2N4O2/c28-20-7-4-8-21(29)24(20)27(35)30-18-11-9-16(10-12-18)25-32-22-14-13-19(15-23(22)33-25)31-26(34)17-5-2-1-3-6-17/h4,7-15,17H,1-3,5-6H2,(H,30,35)(H,31,34)(H,32,33). The Balaban J connectivity index is 1.29. The van der Waals surface area contributed by atoms with Crippen LogP contribution in [0.15, 0.2) is 60.7 Å². The highest BCUT2D eigenvalue weighted by Crippen LogP contribution is 2.28. The molecule has 0 bridgehead atoms. The lowest BCUT2D eigenvalue weighted by molar-refractivity contribution is -0.120. The minimum absolute atomic E-state index is 0.0968. The first-order valence-electron chi connectivity index (χ1n) is 11.6. The first kappa shape index (κ1) is 23.4. The summed E-state index contributed by atoms with van der Waals surface area (Å²) in [6, 6.07) is 18.0. The van der Waals surface area contributed by atoms with E-state index in [-0.39, 0.29) is 23.3 Å². The molecule has 0 radical (unpaired) electrons. The Morgan fingerprint density at radius 1 is 0.857 bits per heavy atom. The van der Waals surface area contributed by atoms with Gasteiger partial charge in [0, 0.05) is 22.9 Å². The molecular weight excluding hydrogens is 483 g/mol. The predicted molar refractivity (Wildman–Crippen MR) is 141 cm³/mol. The van der Waals surface area contributed by atoms with E-state index in [0.29, 0.717) is 21.6 Å². The number of nitrogens with one attached hydrogen (secondary N) is 3. The lowest BCUT2D eigenvalue weighted by atomic mass is 9.88. The Kier molecular flexibility index (Phi) is 6.75. The van der Waals surface area contributed by atoms with Crippen LogP contribution >= 0.6 is 23.2 Å². The molecule has 1 heterocycles. The Labute approximate surface area is 213 Å². The highest BCUT2D eigenvalue weighted by molar-refractivity contribution is 6.40. The van der Waals surface area contributed by atoms with Crippen molar-refractivity contribution in [1.29, 1.82) is 0 Å². The van der Waals surface area contributed by atoms with Crippen molar-refractivity contribution in [2.45, 2.75) is 32.1 Å². The maximum absolute atomic E-state index is 12.6. The number of rotatable bonds is 5. The number of imidazole rings is 1. The van der Waals surface area contributed by atoms with Gasteiger partial charge in [0.1, 0.15) is 5.82 Å². The van der Waals surface area contributed by atoms with Crippen molar-refractivity contribution in [3.63, 3.8) is 0 Å². The van der Waals surface area contributed by atoms with Crippen LogP contribution in [0.2, 0.25) is 10.0 Å². The van der Waals surface area contributed by atoms with E-state index in [0.717, 1.165) is 48.0 Å². The zero-order valence-corrected chi connectivity index (χ0v) is 20.4. The van der Waals surface area contributed by atoms with Crippen molar-refractivity contribution in [1.82, 2.24) is 9.97 Å². The number of H-pyrrole nitrogens is 1. The molecule has 35 heavy (non-hydrogen) atoms. The van der Waals surface area contributed by atoms with Gasteiger partial charge in [-0.2, -0.15) is 0 Å². The summed E-state index contributed by atoms with van der Waals surface area (Å²) in [6.45, 7) is 0. The largest absolute Gasteiger partial charge is 0.338 e. The number of benzene rings is 3. The van der Waals surface area contributed by atoms with E-state index in [1.807, 2.05) is 30.3 Å². The number of fused-ring (bicyclic) bond motifs is 1. The van der Waals surface area contributed by atoms with E-state index >= 15 is 0 Å². The van der Waals surface area contributed by atoms with Crippen LogP contribution in [0.3, 0.4) is 0 Å². The van der Waals surface area contributed by atoms with Gasteiger partial charge in [-0.05, 0) is 67.4 Å².